The van der Waals surface area contributed by atoms with Crippen molar-refractivity contribution < 1.29 is 13.9 Å². The van der Waals surface area contributed by atoms with Crippen LogP contribution in [-0.4, -0.2) is 18.6 Å². The van der Waals surface area contributed by atoms with E-state index >= 15 is 0 Å². The van der Waals surface area contributed by atoms with Gasteiger partial charge in [-0.25, -0.2) is 4.39 Å². The molecule has 122 valence electrons. The van der Waals surface area contributed by atoms with Gasteiger partial charge in [-0.2, -0.15) is 0 Å². The van der Waals surface area contributed by atoms with Gasteiger partial charge in [-0.3, -0.25) is 4.79 Å². The third kappa shape index (κ3) is 5.38. The van der Waals surface area contributed by atoms with Gasteiger partial charge in [-0.05, 0) is 24.6 Å². The average molecular weight is 316 g/mol. The van der Waals surface area contributed by atoms with Gasteiger partial charge in [0.25, 0.3) is 0 Å². The molecule has 2 rings (SSSR count). The summed E-state index contributed by atoms with van der Waals surface area (Å²) in [5.74, 6) is -0.405. The van der Waals surface area contributed by atoms with Crippen molar-refractivity contribution in [3.63, 3.8) is 0 Å². The molecule has 0 fully saturated rings. The van der Waals surface area contributed by atoms with Crippen LogP contribution in [0, 0.1) is 5.82 Å². The first-order chi connectivity index (χ1) is 11.1. The fraction of sp³-hybridized carbons (Fsp3) is 0.278. The number of rotatable bonds is 7. The molecule has 0 spiro atoms. The van der Waals surface area contributed by atoms with Gasteiger partial charge in [0.1, 0.15) is 6.10 Å². The number of benzene rings is 2. The Kier molecular flexibility index (Phi) is 6.11. The lowest BCUT2D eigenvalue weighted by atomic mass is 10.0. The van der Waals surface area contributed by atoms with Gasteiger partial charge >= 0.3 is 0 Å². The van der Waals surface area contributed by atoms with E-state index in [1.165, 1.54) is 6.07 Å². The van der Waals surface area contributed by atoms with Crippen LogP contribution in [0.4, 0.5) is 4.39 Å². The predicted octanol–water partition coefficient (Wildman–Crippen LogP) is 2.80. The van der Waals surface area contributed by atoms with Crippen molar-refractivity contribution in [2.24, 2.45) is 5.73 Å². The molecular formula is C18H21FN2O2. The summed E-state index contributed by atoms with van der Waals surface area (Å²) in [5.41, 5.74) is 6.92. The number of nitrogens with one attached hydrogen (secondary N) is 1. The highest BCUT2D eigenvalue weighted by Crippen LogP contribution is 2.17. The van der Waals surface area contributed by atoms with E-state index in [-0.39, 0.29) is 36.8 Å². The number of nitrogens with two attached hydrogens (primary N) is 1. The first kappa shape index (κ1) is 17.0. The Balaban J connectivity index is 1.77. The Hall–Kier alpha value is -2.40. The van der Waals surface area contributed by atoms with E-state index in [1.807, 2.05) is 30.3 Å². The maximum Gasteiger partial charge on any atom is 0.222 e. The molecule has 0 aliphatic heterocycles. The average Bonchev–Trinajstić information content (AvgIpc) is 2.56. The van der Waals surface area contributed by atoms with Gasteiger partial charge in [-0.15, -0.1) is 0 Å². The van der Waals surface area contributed by atoms with Crippen molar-refractivity contribution in [3.05, 3.63) is 66.0 Å². The van der Waals surface area contributed by atoms with Gasteiger partial charge in [0.05, 0.1) is 6.54 Å². The fourth-order valence-electron chi connectivity index (χ4n) is 2.15. The van der Waals surface area contributed by atoms with E-state index in [0.717, 1.165) is 5.56 Å². The van der Waals surface area contributed by atoms with Crippen LogP contribution >= 0.6 is 0 Å². The maximum atomic E-state index is 13.5. The molecule has 0 saturated carbocycles. The Morgan fingerprint density at radius 1 is 1.17 bits per heavy atom. The van der Waals surface area contributed by atoms with Crippen molar-refractivity contribution >= 4 is 5.91 Å². The number of para-hydroxylation sites is 1. The van der Waals surface area contributed by atoms with E-state index in [1.54, 1.807) is 25.1 Å². The van der Waals surface area contributed by atoms with Gasteiger partial charge in [0.2, 0.25) is 5.91 Å². The second kappa shape index (κ2) is 8.29. The van der Waals surface area contributed by atoms with E-state index in [2.05, 4.69) is 5.32 Å². The summed E-state index contributed by atoms with van der Waals surface area (Å²) in [6.45, 7) is 2.05. The van der Waals surface area contributed by atoms with E-state index in [9.17, 15) is 9.18 Å². The number of hydrogen-bond acceptors (Lipinski definition) is 3. The Morgan fingerprint density at radius 3 is 2.52 bits per heavy atom. The number of halogens is 1. The molecule has 0 radical (unpaired) electrons. The largest absolute Gasteiger partial charge is 0.486 e. The molecule has 0 heterocycles. The normalized spacial score (nSPS) is 13.2. The molecule has 0 aliphatic rings. The SMILES string of the molecule is CC(CNC(=O)CC(N)c1ccccc1)Oc1ccccc1F. The zero-order valence-corrected chi connectivity index (χ0v) is 13.0. The highest BCUT2D eigenvalue weighted by molar-refractivity contribution is 5.76. The number of carbonyl (C=O) groups excluding carboxylic acids is 1. The first-order valence-electron chi connectivity index (χ1n) is 7.54. The minimum atomic E-state index is -0.420. The van der Waals surface area contributed by atoms with E-state index in [4.69, 9.17) is 10.5 Å². The summed E-state index contributed by atoms with van der Waals surface area (Å²) in [6.07, 6.45) is -0.153. The van der Waals surface area contributed by atoms with Crippen LogP contribution in [0.5, 0.6) is 5.75 Å². The Bertz CT molecular complexity index is 634. The Labute approximate surface area is 135 Å². The van der Waals surface area contributed by atoms with E-state index in [0.29, 0.717) is 0 Å². The second-order valence-corrected chi connectivity index (χ2v) is 5.38. The third-order valence-corrected chi connectivity index (χ3v) is 3.38. The highest BCUT2D eigenvalue weighted by Gasteiger charge is 2.13. The van der Waals surface area contributed by atoms with Crippen molar-refractivity contribution in [3.8, 4) is 5.75 Å². The maximum absolute atomic E-state index is 13.5. The smallest absolute Gasteiger partial charge is 0.222 e. The molecule has 2 atom stereocenters. The molecule has 0 bridgehead atoms. The number of hydrogen-bond donors (Lipinski definition) is 2. The number of ether oxygens (including phenoxy) is 1. The molecule has 2 aromatic rings. The van der Waals surface area contributed by atoms with Crippen LogP contribution in [0.15, 0.2) is 54.6 Å². The fourth-order valence-corrected chi connectivity index (χ4v) is 2.15. The highest BCUT2D eigenvalue weighted by atomic mass is 19.1. The summed E-state index contributed by atoms with van der Waals surface area (Å²) in [4.78, 5) is 11.9. The molecule has 3 N–H and O–H groups in total. The zero-order valence-electron chi connectivity index (χ0n) is 13.0. The van der Waals surface area contributed by atoms with Gasteiger partial charge in [0, 0.05) is 12.5 Å². The molecule has 0 saturated heterocycles. The molecule has 5 heteroatoms. The van der Waals surface area contributed by atoms with Gasteiger partial charge in [-0.1, -0.05) is 42.5 Å². The molecular weight excluding hydrogens is 295 g/mol. The predicted molar refractivity (Wildman–Crippen MR) is 87.5 cm³/mol. The van der Waals surface area contributed by atoms with Crippen LogP contribution in [0.25, 0.3) is 0 Å². The molecule has 23 heavy (non-hydrogen) atoms. The van der Waals surface area contributed by atoms with Crippen molar-refractivity contribution in [2.45, 2.75) is 25.5 Å². The van der Waals surface area contributed by atoms with Crippen LogP contribution < -0.4 is 15.8 Å². The number of carbonyl (C=O) groups is 1. The minimum Gasteiger partial charge on any atom is -0.486 e. The molecule has 2 aromatic carbocycles. The van der Waals surface area contributed by atoms with Crippen LogP contribution in [-0.2, 0) is 4.79 Å². The third-order valence-electron chi connectivity index (χ3n) is 3.38. The lowest BCUT2D eigenvalue weighted by Gasteiger charge is -2.17. The summed E-state index contributed by atoms with van der Waals surface area (Å²) >= 11 is 0. The summed E-state index contributed by atoms with van der Waals surface area (Å²) < 4.78 is 18.9. The topological polar surface area (TPSA) is 64.4 Å². The quantitative estimate of drug-likeness (QED) is 0.825. The second-order valence-electron chi connectivity index (χ2n) is 5.38. The first-order valence-corrected chi connectivity index (χ1v) is 7.54. The summed E-state index contributed by atoms with van der Waals surface area (Å²) in [5, 5.41) is 2.76. The van der Waals surface area contributed by atoms with Crippen LogP contribution in [0.3, 0.4) is 0 Å². The zero-order chi connectivity index (χ0) is 16.7. The molecule has 0 aliphatic carbocycles. The minimum absolute atomic E-state index is 0.162. The Morgan fingerprint density at radius 2 is 1.83 bits per heavy atom. The summed E-state index contributed by atoms with van der Waals surface area (Å²) in [6, 6.07) is 15.3. The van der Waals surface area contributed by atoms with Crippen LogP contribution in [0.2, 0.25) is 0 Å². The van der Waals surface area contributed by atoms with Gasteiger partial charge in [0.15, 0.2) is 11.6 Å². The monoisotopic (exact) mass is 316 g/mol. The van der Waals surface area contributed by atoms with Gasteiger partial charge < -0.3 is 15.8 Å². The van der Waals surface area contributed by atoms with Crippen molar-refractivity contribution in [2.75, 3.05) is 6.54 Å². The molecule has 0 aromatic heterocycles. The molecule has 2 unspecified atom stereocenters. The standard InChI is InChI=1S/C18H21FN2O2/c1-13(23-17-10-6-5-9-15(17)19)12-21-18(22)11-16(20)14-7-3-2-4-8-14/h2-10,13,16H,11-12,20H2,1H3,(H,21,22). The number of amides is 1. The van der Waals surface area contributed by atoms with Crippen LogP contribution in [0.1, 0.15) is 24.9 Å². The van der Waals surface area contributed by atoms with Crippen molar-refractivity contribution in [1.29, 1.82) is 0 Å². The molecule has 4 nitrogen and oxygen atoms in total. The summed E-state index contributed by atoms with van der Waals surface area (Å²) in [7, 11) is 0. The lowest BCUT2D eigenvalue weighted by Crippen LogP contribution is -2.35. The molecule has 1 amide bonds. The van der Waals surface area contributed by atoms with Crippen molar-refractivity contribution in [1.82, 2.24) is 5.32 Å². The lowest BCUT2D eigenvalue weighted by molar-refractivity contribution is -0.121. The van der Waals surface area contributed by atoms with E-state index < -0.39 is 5.82 Å².